The zero-order chi connectivity index (χ0) is 30.4. The highest BCUT2D eigenvalue weighted by molar-refractivity contribution is 7.92. The average molecular weight is 600 g/mol. The Balaban J connectivity index is 2.12. The Morgan fingerprint density at radius 1 is 0.976 bits per heavy atom. The molecule has 0 saturated heterocycles. The zero-order valence-corrected chi connectivity index (χ0v) is 25.9. The number of anilines is 1. The van der Waals surface area contributed by atoms with Gasteiger partial charge in [-0.05, 0) is 57.0 Å². The Labute approximate surface area is 248 Å². The second kappa shape index (κ2) is 13.4. The number of nitrogens with one attached hydrogen (secondary N) is 1. The number of sulfonamides is 1. The average Bonchev–Trinajstić information content (AvgIpc) is 2.88. The van der Waals surface area contributed by atoms with Gasteiger partial charge in [0.2, 0.25) is 21.8 Å². The lowest BCUT2D eigenvalue weighted by molar-refractivity contribution is -0.140. The van der Waals surface area contributed by atoms with Crippen molar-refractivity contribution >= 4 is 39.1 Å². The third-order valence-electron chi connectivity index (χ3n) is 6.29. The highest BCUT2D eigenvalue weighted by Gasteiger charge is 2.35. The van der Waals surface area contributed by atoms with Gasteiger partial charge in [0.25, 0.3) is 0 Å². The van der Waals surface area contributed by atoms with E-state index in [0.717, 1.165) is 27.3 Å². The van der Waals surface area contributed by atoms with Crippen LogP contribution in [0.15, 0.2) is 72.8 Å². The summed E-state index contributed by atoms with van der Waals surface area (Å²) in [6.07, 6.45) is 1.25. The van der Waals surface area contributed by atoms with Crippen LogP contribution in [0.2, 0.25) is 5.02 Å². The number of ether oxygens (including phenoxy) is 1. The maximum Gasteiger partial charge on any atom is 0.244 e. The van der Waals surface area contributed by atoms with Crippen LogP contribution in [0.3, 0.4) is 0 Å². The van der Waals surface area contributed by atoms with Gasteiger partial charge >= 0.3 is 0 Å². The molecule has 0 aromatic heterocycles. The summed E-state index contributed by atoms with van der Waals surface area (Å²) in [5, 5.41) is 3.29. The van der Waals surface area contributed by atoms with Crippen molar-refractivity contribution < 1.29 is 22.7 Å². The number of hydrogen-bond donors (Lipinski definition) is 1. The monoisotopic (exact) mass is 599 g/mol. The minimum atomic E-state index is -3.96. The molecule has 0 spiro atoms. The lowest BCUT2D eigenvalue weighted by Gasteiger charge is -2.35. The van der Waals surface area contributed by atoms with Crippen LogP contribution in [0, 0.1) is 6.92 Å². The maximum absolute atomic E-state index is 14.2. The topological polar surface area (TPSA) is 96.0 Å². The van der Waals surface area contributed by atoms with E-state index in [0.29, 0.717) is 0 Å². The fraction of sp³-hybridized carbons (Fsp3) is 0.355. The normalized spacial score (nSPS) is 12.4. The van der Waals surface area contributed by atoms with Crippen LogP contribution in [0.1, 0.15) is 37.5 Å². The molecule has 220 valence electrons. The van der Waals surface area contributed by atoms with Gasteiger partial charge in [-0.25, -0.2) is 8.42 Å². The summed E-state index contributed by atoms with van der Waals surface area (Å²) in [7, 11) is -2.55. The number of benzene rings is 3. The Bertz CT molecular complexity index is 1470. The fourth-order valence-corrected chi connectivity index (χ4v) is 5.48. The first-order valence-corrected chi connectivity index (χ1v) is 15.4. The van der Waals surface area contributed by atoms with Crippen LogP contribution in [-0.4, -0.2) is 56.6 Å². The van der Waals surface area contributed by atoms with E-state index in [9.17, 15) is 18.0 Å². The number of nitrogens with zero attached hydrogens (tertiary/aromatic N) is 2. The maximum atomic E-state index is 14.2. The van der Waals surface area contributed by atoms with Gasteiger partial charge in [0, 0.05) is 23.5 Å². The van der Waals surface area contributed by atoms with E-state index >= 15 is 0 Å². The Kier molecular flexibility index (Phi) is 10.4. The van der Waals surface area contributed by atoms with Crippen LogP contribution in [-0.2, 0) is 32.6 Å². The molecule has 0 saturated carbocycles. The molecule has 2 amide bonds. The number of hydrogen-bond acceptors (Lipinski definition) is 5. The van der Waals surface area contributed by atoms with Gasteiger partial charge in [-0.15, -0.1) is 0 Å². The van der Waals surface area contributed by atoms with Crippen molar-refractivity contribution in [3.05, 3.63) is 94.5 Å². The molecule has 0 heterocycles. The molecule has 0 aliphatic rings. The van der Waals surface area contributed by atoms with Gasteiger partial charge in [-0.3, -0.25) is 13.9 Å². The molecule has 1 atom stereocenters. The Morgan fingerprint density at radius 2 is 1.63 bits per heavy atom. The van der Waals surface area contributed by atoms with E-state index in [-0.39, 0.29) is 35.3 Å². The molecule has 41 heavy (non-hydrogen) atoms. The largest absolute Gasteiger partial charge is 0.495 e. The highest BCUT2D eigenvalue weighted by atomic mass is 35.5. The Hall–Kier alpha value is -3.56. The van der Waals surface area contributed by atoms with Crippen LogP contribution < -0.4 is 14.4 Å². The lowest BCUT2D eigenvalue weighted by atomic mass is 10.0. The van der Waals surface area contributed by atoms with Gasteiger partial charge < -0.3 is 15.0 Å². The minimum absolute atomic E-state index is 0.0971. The molecule has 0 bridgehead atoms. The Morgan fingerprint density at radius 3 is 2.22 bits per heavy atom. The van der Waals surface area contributed by atoms with E-state index in [1.165, 1.54) is 18.1 Å². The first-order chi connectivity index (χ1) is 19.2. The van der Waals surface area contributed by atoms with E-state index in [1.807, 2.05) is 82.3 Å². The van der Waals surface area contributed by atoms with E-state index < -0.39 is 34.1 Å². The van der Waals surface area contributed by atoms with Crippen LogP contribution in [0.5, 0.6) is 5.75 Å². The second-order valence-electron chi connectivity index (χ2n) is 11.0. The molecular weight excluding hydrogens is 562 g/mol. The molecular formula is C31H38ClN3O5S. The molecule has 1 N–H and O–H groups in total. The van der Waals surface area contributed by atoms with Crippen molar-refractivity contribution in [1.82, 2.24) is 10.2 Å². The molecule has 0 aliphatic heterocycles. The molecule has 10 heteroatoms. The summed E-state index contributed by atoms with van der Waals surface area (Å²) in [6.45, 7) is 7.09. The third kappa shape index (κ3) is 9.23. The molecule has 8 nitrogen and oxygen atoms in total. The fourth-order valence-electron chi connectivity index (χ4n) is 4.47. The number of methoxy groups -OCH3 is 1. The van der Waals surface area contributed by atoms with Gasteiger partial charge in [0.1, 0.15) is 18.3 Å². The minimum Gasteiger partial charge on any atom is -0.495 e. The molecule has 0 fully saturated rings. The summed E-state index contributed by atoms with van der Waals surface area (Å²) in [4.78, 5) is 29.5. The second-order valence-corrected chi connectivity index (χ2v) is 13.4. The number of carbonyl (C=O) groups excluding carboxylic acids is 2. The van der Waals surface area contributed by atoms with Crippen molar-refractivity contribution in [3.8, 4) is 5.75 Å². The van der Waals surface area contributed by atoms with Crippen molar-refractivity contribution in [3.63, 3.8) is 0 Å². The zero-order valence-electron chi connectivity index (χ0n) is 24.3. The first kappa shape index (κ1) is 32.0. The number of carbonyl (C=O) groups is 2. The number of aryl methyl sites for hydroxylation is 1. The summed E-state index contributed by atoms with van der Waals surface area (Å²) < 4.78 is 32.4. The summed E-state index contributed by atoms with van der Waals surface area (Å²) in [6, 6.07) is 20.7. The van der Waals surface area contributed by atoms with Crippen LogP contribution >= 0.6 is 11.6 Å². The molecule has 0 radical (unpaired) electrons. The van der Waals surface area contributed by atoms with E-state index in [4.69, 9.17) is 16.3 Å². The lowest BCUT2D eigenvalue weighted by Crippen LogP contribution is -2.56. The first-order valence-electron chi connectivity index (χ1n) is 13.2. The third-order valence-corrected chi connectivity index (χ3v) is 7.66. The molecule has 0 unspecified atom stereocenters. The van der Waals surface area contributed by atoms with Gasteiger partial charge in [0.05, 0.1) is 19.1 Å². The van der Waals surface area contributed by atoms with E-state index in [1.54, 1.807) is 12.1 Å². The van der Waals surface area contributed by atoms with Crippen molar-refractivity contribution in [2.24, 2.45) is 0 Å². The highest BCUT2D eigenvalue weighted by Crippen LogP contribution is 2.33. The van der Waals surface area contributed by atoms with Gasteiger partial charge in [-0.1, -0.05) is 71.8 Å². The molecule has 3 rings (SSSR count). The van der Waals surface area contributed by atoms with Gasteiger partial charge in [-0.2, -0.15) is 0 Å². The molecule has 3 aromatic rings. The van der Waals surface area contributed by atoms with Crippen molar-refractivity contribution in [2.45, 2.75) is 52.2 Å². The summed E-state index contributed by atoms with van der Waals surface area (Å²) in [5.41, 5.74) is 2.24. The van der Waals surface area contributed by atoms with Crippen LogP contribution in [0.4, 0.5) is 5.69 Å². The standard InChI is InChI=1S/C31H38ClN3O5S/c1-22-11-10-14-24(17-22)20-34(27(30(37)33-31(2,3)4)18-23-12-8-7-9-13-23)29(36)21-35(41(6,38)39)26-19-25(32)15-16-28(26)40-5/h7-17,19,27H,18,20-21H2,1-6H3,(H,33,37)/t27-/m1/s1. The van der Waals surface area contributed by atoms with Gasteiger partial charge in [0.15, 0.2) is 0 Å². The molecule has 3 aromatic carbocycles. The summed E-state index contributed by atoms with van der Waals surface area (Å²) in [5.74, 6) is -0.651. The number of amides is 2. The van der Waals surface area contributed by atoms with Crippen molar-refractivity contribution in [2.75, 3.05) is 24.2 Å². The number of rotatable bonds is 11. The molecule has 0 aliphatic carbocycles. The number of halogens is 1. The summed E-state index contributed by atoms with van der Waals surface area (Å²) >= 11 is 6.21. The van der Waals surface area contributed by atoms with Crippen molar-refractivity contribution in [1.29, 1.82) is 0 Å². The SMILES string of the molecule is COc1ccc(Cl)cc1N(CC(=O)N(Cc1cccc(C)c1)[C@H](Cc1ccccc1)C(=O)NC(C)(C)C)S(C)(=O)=O. The predicted molar refractivity (Wildman–Crippen MR) is 164 cm³/mol. The van der Waals surface area contributed by atoms with E-state index in [2.05, 4.69) is 5.32 Å². The smallest absolute Gasteiger partial charge is 0.244 e. The quantitative estimate of drug-likeness (QED) is 0.335. The predicted octanol–water partition coefficient (Wildman–Crippen LogP) is 4.98. The van der Waals surface area contributed by atoms with Crippen LogP contribution in [0.25, 0.3) is 0 Å².